The SMILES string of the molecule is CC(C)OC(=O)c1sc(C(=O)OC(C)C)c(-c2ccccc2)c1O. The molecule has 1 aromatic carbocycles. The Balaban J connectivity index is 2.56. The van der Waals surface area contributed by atoms with Crippen LogP contribution in [0.5, 0.6) is 5.75 Å². The number of aromatic hydroxyl groups is 1. The number of carbonyl (C=O) groups is 2. The molecule has 0 spiro atoms. The van der Waals surface area contributed by atoms with Crippen molar-refractivity contribution in [2.45, 2.75) is 39.9 Å². The molecule has 0 unspecified atom stereocenters. The molecule has 0 radical (unpaired) electrons. The number of thiophene rings is 1. The molecule has 0 saturated carbocycles. The van der Waals surface area contributed by atoms with Crippen LogP contribution in [0, 0.1) is 0 Å². The van der Waals surface area contributed by atoms with E-state index >= 15 is 0 Å². The lowest BCUT2D eigenvalue weighted by molar-refractivity contribution is 0.0373. The number of ether oxygens (including phenoxy) is 2. The van der Waals surface area contributed by atoms with E-state index in [1.165, 1.54) is 0 Å². The highest BCUT2D eigenvalue weighted by Crippen LogP contribution is 2.42. The van der Waals surface area contributed by atoms with E-state index in [4.69, 9.17) is 9.47 Å². The van der Waals surface area contributed by atoms with E-state index in [1.807, 2.05) is 6.07 Å². The summed E-state index contributed by atoms with van der Waals surface area (Å²) < 4.78 is 10.4. The van der Waals surface area contributed by atoms with E-state index in [-0.39, 0.29) is 27.7 Å². The summed E-state index contributed by atoms with van der Waals surface area (Å²) in [6, 6.07) is 8.91. The molecule has 6 heteroatoms. The first kappa shape index (κ1) is 18.0. The molecule has 0 aliphatic heterocycles. The lowest BCUT2D eigenvalue weighted by Gasteiger charge is -2.08. The van der Waals surface area contributed by atoms with Crippen LogP contribution in [0.25, 0.3) is 11.1 Å². The van der Waals surface area contributed by atoms with Gasteiger partial charge in [-0.3, -0.25) is 0 Å². The molecule has 128 valence electrons. The third kappa shape index (κ3) is 3.94. The summed E-state index contributed by atoms with van der Waals surface area (Å²) in [6.07, 6.45) is -0.637. The van der Waals surface area contributed by atoms with Gasteiger partial charge in [0.2, 0.25) is 0 Å². The predicted molar refractivity (Wildman–Crippen MR) is 92.5 cm³/mol. The molecule has 1 aromatic heterocycles. The van der Waals surface area contributed by atoms with Crippen LogP contribution in [-0.2, 0) is 9.47 Å². The normalized spacial score (nSPS) is 10.9. The molecule has 5 nitrogen and oxygen atoms in total. The molecule has 24 heavy (non-hydrogen) atoms. The quantitative estimate of drug-likeness (QED) is 0.818. The van der Waals surface area contributed by atoms with Gasteiger partial charge in [-0.25, -0.2) is 9.59 Å². The Kier molecular flexibility index (Phi) is 5.62. The highest BCUT2D eigenvalue weighted by atomic mass is 32.1. The third-order valence-electron chi connectivity index (χ3n) is 3.00. The van der Waals surface area contributed by atoms with E-state index in [1.54, 1.807) is 52.0 Å². The van der Waals surface area contributed by atoms with Gasteiger partial charge in [0.1, 0.15) is 10.6 Å². The smallest absolute Gasteiger partial charge is 0.352 e. The largest absolute Gasteiger partial charge is 0.505 e. The van der Waals surface area contributed by atoms with Crippen LogP contribution >= 0.6 is 11.3 Å². The van der Waals surface area contributed by atoms with E-state index in [0.29, 0.717) is 11.1 Å². The minimum atomic E-state index is -0.659. The Bertz CT molecular complexity index is 731. The number of hydrogen-bond acceptors (Lipinski definition) is 6. The summed E-state index contributed by atoms with van der Waals surface area (Å²) in [5, 5.41) is 10.5. The van der Waals surface area contributed by atoms with Gasteiger partial charge >= 0.3 is 11.9 Å². The number of benzene rings is 1. The number of esters is 2. The van der Waals surface area contributed by atoms with Gasteiger partial charge in [-0.2, -0.15) is 0 Å². The Morgan fingerprint density at radius 1 is 0.917 bits per heavy atom. The lowest BCUT2D eigenvalue weighted by atomic mass is 10.0. The van der Waals surface area contributed by atoms with Gasteiger partial charge in [0, 0.05) is 5.56 Å². The van der Waals surface area contributed by atoms with Crippen molar-refractivity contribution in [1.29, 1.82) is 0 Å². The third-order valence-corrected chi connectivity index (χ3v) is 4.14. The maximum Gasteiger partial charge on any atom is 0.352 e. The molecular weight excluding hydrogens is 328 g/mol. The van der Waals surface area contributed by atoms with Gasteiger partial charge in [-0.05, 0) is 33.3 Å². The highest BCUT2D eigenvalue weighted by Gasteiger charge is 2.29. The standard InChI is InChI=1S/C18H20O5S/c1-10(2)22-17(20)15-13(12-8-6-5-7-9-12)14(19)16(24-15)18(21)23-11(3)4/h5-11,19H,1-4H3. The Hall–Kier alpha value is -2.34. The van der Waals surface area contributed by atoms with Crippen LogP contribution in [0.3, 0.4) is 0 Å². The molecule has 0 fully saturated rings. The zero-order chi connectivity index (χ0) is 17.9. The van der Waals surface area contributed by atoms with Gasteiger partial charge in [0.05, 0.1) is 12.2 Å². The Morgan fingerprint density at radius 3 is 1.92 bits per heavy atom. The van der Waals surface area contributed by atoms with Crippen LogP contribution in [0.4, 0.5) is 0 Å². The van der Waals surface area contributed by atoms with Crippen molar-refractivity contribution in [1.82, 2.24) is 0 Å². The van der Waals surface area contributed by atoms with Crippen molar-refractivity contribution in [2.24, 2.45) is 0 Å². The van der Waals surface area contributed by atoms with Gasteiger partial charge in [0.15, 0.2) is 4.88 Å². The fourth-order valence-electron chi connectivity index (χ4n) is 2.11. The summed E-state index contributed by atoms with van der Waals surface area (Å²) in [7, 11) is 0. The summed E-state index contributed by atoms with van der Waals surface area (Å²) in [5.41, 5.74) is 0.924. The van der Waals surface area contributed by atoms with E-state index in [0.717, 1.165) is 11.3 Å². The fourth-order valence-corrected chi connectivity index (χ4v) is 3.09. The van der Waals surface area contributed by atoms with Gasteiger partial charge in [0.25, 0.3) is 0 Å². The number of carbonyl (C=O) groups excluding carboxylic acids is 2. The molecule has 0 atom stereocenters. The topological polar surface area (TPSA) is 72.8 Å². The van der Waals surface area contributed by atoms with Crippen molar-refractivity contribution in [3.8, 4) is 16.9 Å². The van der Waals surface area contributed by atoms with Crippen molar-refractivity contribution >= 4 is 23.3 Å². The van der Waals surface area contributed by atoms with E-state index < -0.39 is 11.9 Å². The van der Waals surface area contributed by atoms with Crippen molar-refractivity contribution in [3.05, 3.63) is 40.1 Å². The second-order valence-corrected chi connectivity index (χ2v) is 6.78. The Labute approximate surface area is 144 Å². The van der Waals surface area contributed by atoms with E-state index in [2.05, 4.69) is 0 Å². The van der Waals surface area contributed by atoms with Crippen LogP contribution < -0.4 is 0 Å². The maximum atomic E-state index is 12.4. The van der Waals surface area contributed by atoms with Gasteiger partial charge in [-0.15, -0.1) is 11.3 Å². The predicted octanol–water partition coefficient (Wildman–Crippen LogP) is 4.25. The first-order chi connectivity index (χ1) is 11.3. The molecule has 1 N–H and O–H groups in total. The first-order valence-corrected chi connectivity index (χ1v) is 8.46. The zero-order valence-corrected chi connectivity index (χ0v) is 14.8. The van der Waals surface area contributed by atoms with Crippen LogP contribution in [0.15, 0.2) is 30.3 Å². The molecule has 0 saturated heterocycles. The van der Waals surface area contributed by atoms with E-state index in [9.17, 15) is 14.7 Å². The van der Waals surface area contributed by atoms with Crippen LogP contribution in [0.1, 0.15) is 47.0 Å². The second kappa shape index (κ2) is 7.49. The van der Waals surface area contributed by atoms with Gasteiger partial charge in [-0.1, -0.05) is 30.3 Å². The minimum absolute atomic E-state index is 0.00161. The molecule has 2 aromatic rings. The zero-order valence-electron chi connectivity index (χ0n) is 14.0. The number of hydrogen-bond donors (Lipinski definition) is 1. The highest BCUT2D eigenvalue weighted by molar-refractivity contribution is 7.16. The fraction of sp³-hybridized carbons (Fsp3) is 0.333. The molecule has 0 aliphatic carbocycles. The summed E-state index contributed by atoms with van der Waals surface area (Å²) >= 11 is 0.882. The summed E-state index contributed by atoms with van der Waals surface area (Å²) in [6.45, 7) is 6.91. The molecule has 0 bridgehead atoms. The van der Waals surface area contributed by atoms with Crippen LogP contribution in [0.2, 0.25) is 0 Å². The van der Waals surface area contributed by atoms with Gasteiger partial charge < -0.3 is 14.6 Å². The molecule has 0 amide bonds. The monoisotopic (exact) mass is 348 g/mol. The molecular formula is C18H20O5S. The summed E-state index contributed by atoms with van der Waals surface area (Å²) in [4.78, 5) is 24.8. The van der Waals surface area contributed by atoms with Crippen molar-refractivity contribution in [2.75, 3.05) is 0 Å². The average Bonchev–Trinajstić information content (AvgIpc) is 2.84. The van der Waals surface area contributed by atoms with Crippen molar-refractivity contribution < 1.29 is 24.2 Å². The van der Waals surface area contributed by atoms with Crippen LogP contribution in [-0.4, -0.2) is 29.3 Å². The molecule has 1 heterocycles. The second-order valence-electron chi connectivity index (χ2n) is 5.76. The van der Waals surface area contributed by atoms with Crippen molar-refractivity contribution in [3.63, 3.8) is 0 Å². The molecule has 2 rings (SSSR count). The maximum absolute atomic E-state index is 12.4. The minimum Gasteiger partial charge on any atom is -0.505 e. The first-order valence-electron chi connectivity index (χ1n) is 7.64. The molecule has 0 aliphatic rings. The Morgan fingerprint density at radius 2 is 1.42 bits per heavy atom. The average molecular weight is 348 g/mol. The lowest BCUT2D eigenvalue weighted by Crippen LogP contribution is -2.11. The number of rotatable bonds is 5. The summed E-state index contributed by atoms with van der Waals surface area (Å²) in [5.74, 6) is -1.49.